The van der Waals surface area contributed by atoms with Crippen LogP contribution in [0.15, 0.2) is 18.2 Å². The van der Waals surface area contributed by atoms with Gasteiger partial charge in [-0.25, -0.2) is 4.79 Å². The van der Waals surface area contributed by atoms with E-state index in [1.807, 2.05) is 14.1 Å². The number of benzene rings is 1. The molecule has 1 rings (SSSR count). The number of carboxylic acid groups (broad SMARTS) is 1. The third kappa shape index (κ3) is 4.85. The summed E-state index contributed by atoms with van der Waals surface area (Å²) >= 11 is 0. The molecule has 0 amide bonds. The molecule has 0 unspecified atom stereocenters. The van der Waals surface area contributed by atoms with E-state index in [9.17, 15) is 14.9 Å². The molecule has 20 heavy (non-hydrogen) atoms. The molecule has 7 heteroatoms. The summed E-state index contributed by atoms with van der Waals surface area (Å²) in [6.07, 6.45) is 1.97. The summed E-state index contributed by atoms with van der Waals surface area (Å²) in [6.45, 7) is 1.69. The highest BCUT2D eigenvalue weighted by molar-refractivity contribution is 5.93. The quantitative estimate of drug-likeness (QED) is 0.430. The molecule has 0 aliphatic heterocycles. The minimum Gasteiger partial charge on any atom is -0.477 e. The lowest BCUT2D eigenvalue weighted by atomic mass is 10.1. The number of anilines is 1. The van der Waals surface area contributed by atoms with E-state index >= 15 is 0 Å². The summed E-state index contributed by atoms with van der Waals surface area (Å²) in [5, 5.41) is 22.8. The summed E-state index contributed by atoms with van der Waals surface area (Å²) in [6, 6.07) is 4.04. The smallest absolute Gasteiger partial charge is 0.342 e. The first-order valence-corrected chi connectivity index (χ1v) is 6.32. The Labute approximate surface area is 117 Å². The summed E-state index contributed by atoms with van der Waals surface area (Å²) in [5.41, 5.74) is -0.109. The maximum atomic E-state index is 11.0. The van der Waals surface area contributed by atoms with Gasteiger partial charge in [0.15, 0.2) is 0 Å². The lowest BCUT2D eigenvalue weighted by molar-refractivity contribution is -0.385. The third-order valence-electron chi connectivity index (χ3n) is 2.78. The first-order chi connectivity index (χ1) is 9.41. The van der Waals surface area contributed by atoms with Crippen molar-refractivity contribution < 1.29 is 14.8 Å². The monoisotopic (exact) mass is 281 g/mol. The second-order valence-corrected chi connectivity index (χ2v) is 4.73. The number of nitrogens with zero attached hydrogens (tertiary/aromatic N) is 2. The van der Waals surface area contributed by atoms with Crippen LogP contribution in [0.4, 0.5) is 11.4 Å². The molecule has 0 saturated carbocycles. The second-order valence-electron chi connectivity index (χ2n) is 4.73. The van der Waals surface area contributed by atoms with Crippen LogP contribution in [0.5, 0.6) is 0 Å². The molecule has 0 saturated heterocycles. The van der Waals surface area contributed by atoms with Gasteiger partial charge in [-0.15, -0.1) is 0 Å². The Bertz CT molecular complexity index is 489. The van der Waals surface area contributed by atoms with Gasteiger partial charge in [-0.2, -0.15) is 0 Å². The van der Waals surface area contributed by atoms with Gasteiger partial charge in [0.25, 0.3) is 5.69 Å². The summed E-state index contributed by atoms with van der Waals surface area (Å²) in [5.74, 6) is -1.30. The first kappa shape index (κ1) is 15.9. The minimum atomic E-state index is -1.30. The molecule has 0 aliphatic carbocycles. The van der Waals surface area contributed by atoms with E-state index < -0.39 is 16.6 Å². The number of nitro groups is 1. The van der Waals surface area contributed by atoms with Gasteiger partial charge in [0.2, 0.25) is 0 Å². The molecule has 2 N–H and O–H groups in total. The number of carbonyl (C=O) groups is 1. The van der Waals surface area contributed by atoms with Gasteiger partial charge >= 0.3 is 5.97 Å². The van der Waals surface area contributed by atoms with E-state index in [0.717, 1.165) is 19.4 Å². The lowest BCUT2D eigenvalue weighted by Crippen LogP contribution is -2.14. The Hall–Kier alpha value is -2.15. The molecule has 0 heterocycles. The highest BCUT2D eigenvalue weighted by Gasteiger charge is 2.19. The van der Waals surface area contributed by atoms with Crippen LogP contribution in [-0.2, 0) is 0 Å². The van der Waals surface area contributed by atoms with Crippen LogP contribution >= 0.6 is 0 Å². The van der Waals surface area contributed by atoms with Crippen LogP contribution in [0.1, 0.15) is 23.2 Å². The standard InChI is InChI=1S/C13H19N3O4/c1-15(2)8-4-3-7-14-10-5-6-12(16(19)20)11(9-10)13(17)18/h5-6,9,14H,3-4,7-8H2,1-2H3,(H,17,18). The molecule has 0 aliphatic rings. The number of hydrogen-bond donors (Lipinski definition) is 2. The van der Waals surface area contributed by atoms with Crippen LogP contribution in [0.3, 0.4) is 0 Å². The normalized spacial score (nSPS) is 10.6. The van der Waals surface area contributed by atoms with E-state index in [0.29, 0.717) is 12.2 Å². The number of unbranched alkanes of at least 4 members (excludes halogenated alkanes) is 1. The topological polar surface area (TPSA) is 95.7 Å². The molecule has 7 nitrogen and oxygen atoms in total. The third-order valence-corrected chi connectivity index (χ3v) is 2.78. The van der Waals surface area contributed by atoms with E-state index in [-0.39, 0.29) is 5.56 Å². The van der Waals surface area contributed by atoms with E-state index in [1.54, 1.807) is 0 Å². The Morgan fingerprint density at radius 2 is 2.10 bits per heavy atom. The second kappa shape index (κ2) is 7.44. The minimum absolute atomic E-state index is 0.298. The molecule has 0 aromatic heterocycles. The van der Waals surface area contributed by atoms with Crippen molar-refractivity contribution in [2.45, 2.75) is 12.8 Å². The largest absolute Gasteiger partial charge is 0.477 e. The summed E-state index contributed by atoms with van der Waals surface area (Å²) < 4.78 is 0. The fraction of sp³-hybridized carbons (Fsp3) is 0.462. The molecule has 0 atom stereocenters. The molecular formula is C13H19N3O4. The van der Waals surface area contributed by atoms with E-state index in [4.69, 9.17) is 5.11 Å². The van der Waals surface area contributed by atoms with Crippen molar-refractivity contribution in [1.29, 1.82) is 0 Å². The zero-order chi connectivity index (χ0) is 15.1. The molecule has 0 fully saturated rings. The maximum absolute atomic E-state index is 11.0. The molecule has 1 aromatic rings. The van der Waals surface area contributed by atoms with E-state index in [1.165, 1.54) is 18.2 Å². The average molecular weight is 281 g/mol. The molecule has 0 radical (unpaired) electrons. The average Bonchev–Trinajstić information content (AvgIpc) is 2.37. The molecule has 1 aromatic carbocycles. The predicted molar refractivity (Wildman–Crippen MR) is 76.3 cm³/mol. The van der Waals surface area contributed by atoms with Gasteiger partial charge in [-0.1, -0.05) is 0 Å². The van der Waals surface area contributed by atoms with Crippen molar-refractivity contribution in [2.75, 3.05) is 32.5 Å². The van der Waals surface area contributed by atoms with Crippen LogP contribution in [0, 0.1) is 10.1 Å². The fourth-order valence-electron chi connectivity index (χ4n) is 1.76. The van der Waals surface area contributed by atoms with Crippen LogP contribution < -0.4 is 5.32 Å². The predicted octanol–water partition coefficient (Wildman–Crippen LogP) is 2.05. The van der Waals surface area contributed by atoms with Crippen LogP contribution in [0.2, 0.25) is 0 Å². The Balaban J connectivity index is 2.61. The molecule has 0 spiro atoms. The van der Waals surface area contributed by atoms with Crippen molar-refractivity contribution in [2.24, 2.45) is 0 Å². The zero-order valence-electron chi connectivity index (χ0n) is 11.6. The summed E-state index contributed by atoms with van der Waals surface area (Å²) in [7, 11) is 4.01. The number of rotatable bonds is 8. The van der Waals surface area contributed by atoms with Crippen molar-refractivity contribution in [3.8, 4) is 0 Å². The van der Waals surface area contributed by atoms with Gasteiger partial charge in [0.1, 0.15) is 5.56 Å². The maximum Gasteiger partial charge on any atom is 0.342 e. The SMILES string of the molecule is CN(C)CCCCNc1ccc([N+](=O)[O-])c(C(=O)O)c1. The zero-order valence-corrected chi connectivity index (χ0v) is 11.6. The van der Waals surface area contributed by atoms with Crippen molar-refractivity contribution in [1.82, 2.24) is 4.90 Å². The molecule has 110 valence electrons. The van der Waals surface area contributed by atoms with Gasteiger partial charge in [0, 0.05) is 18.3 Å². The van der Waals surface area contributed by atoms with Gasteiger partial charge in [-0.3, -0.25) is 10.1 Å². The van der Waals surface area contributed by atoms with Gasteiger partial charge in [-0.05, 0) is 45.6 Å². The lowest BCUT2D eigenvalue weighted by Gasteiger charge is -2.10. The number of nitrogens with one attached hydrogen (secondary N) is 1. The first-order valence-electron chi connectivity index (χ1n) is 6.32. The molecule has 0 bridgehead atoms. The Kier molecular flexibility index (Phi) is 5.92. The number of carboxylic acids is 1. The number of nitro benzene ring substituents is 1. The van der Waals surface area contributed by atoms with Crippen molar-refractivity contribution >= 4 is 17.3 Å². The fourth-order valence-corrected chi connectivity index (χ4v) is 1.76. The van der Waals surface area contributed by atoms with Crippen LogP contribution in [0.25, 0.3) is 0 Å². The highest BCUT2D eigenvalue weighted by Crippen LogP contribution is 2.22. The summed E-state index contributed by atoms with van der Waals surface area (Å²) in [4.78, 5) is 23.1. The number of aromatic carboxylic acids is 1. The number of hydrogen-bond acceptors (Lipinski definition) is 5. The molecular weight excluding hydrogens is 262 g/mol. The van der Waals surface area contributed by atoms with Crippen molar-refractivity contribution in [3.63, 3.8) is 0 Å². The van der Waals surface area contributed by atoms with Gasteiger partial charge in [0.05, 0.1) is 4.92 Å². The van der Waals surface area contributed by atoms with Gasteiger partial charge < -0.3 is 15.3 Å². The van der Waals surface area contributed by atoms with Crippen molar-refractivity contribution in [3.05, 3.63) is 33.9 Å². The Morgan fingerprint density at radius 3 is 2.65 bits per heavy atom. The van der Waals surface area contributed by atoms with Crippen LogP contribution in [-0.4, -0.2) is 48.1 Å². The highest BCUT2D eigenvalue weighted by atomic mass is 16.6. The Morgan fingerprint density at radius 1 is 1.40 bits per heavy atom. The van der Waals surface area contributed by atoms with E-state index in [2.05, 4.69) is 10.2 Å².